The number of methoxy groups -OCH3 is 1. The molecule has 78 heavy (non-hydrogen) atoms. The van der Waals surface area contributed by atoms with Crippen LogP contribution >= 0.6 is 0 Å². The number of nitrogens with zero attached hydrogens (tertiary/aromatic N) is 2. The highest BCUT2D eigenvalue weighted by Crippen LogP contribution is 2.54. The first kappa shape index (κ1) is 59.9. The largest absolute Gasteiger partial charge is 0.420 e. The molecule has 0 radical (unpaired) electrons. The maximum absolute atomic E-state index is 14.3. The van der Waals surface area contributed by atoms with Gasteiger partial charge in [0.1, 0.15) is 16.3 Å². The molecule has 5 aromatic carbocycles. The number of esters is 1. The second kappa shape index (κ2) is 21.7. The highest BCUT2D eigenvalue weighted by molar-refractivity contribution is 7.87. The molecule has 29 heteroatoms. The lowest BCUT2D eigenvalue weighted by Gasteiger charge is -2.30. The van der Waals surface area contributed by atoms with Crippen LogP contribution in [-0.2, 0) is 71.0 Å². The van der Waals surface area contributed by atoms with Gasteiger partial charge >= 0.3 is 5.97 Å². The number of halogens is 4. The number of fused-ring (bicyclic) bond motifs is 6. The lowest BCUT2D eigenvalue weighted by Crippen LogP contribution is -2.33. The molecule has 0 fully saturated rings. The Hall–Kier alpha value is -5.73. The van der Waals surface area contributed by atoms with E-state index in [9.17, 15) is 87.2 Å². The van der Waals surface area contributed by atoms with E-state index < -0.39 is 128 Å². The maximum atomic E-state index is 14.3. The minimum atomic E-state index is -5.18. The standard InChI is InChI=1S/C49H50F4N2O18S5/c1-5-54-36-16-14-30-32(23-28(75(60,61)62)25-38(30)77(66,67)68)43(36)48(2,18-10-22-74(57,58)59)40(54)11-9-12-41-49(3,19-21-72-4)44-33-24-29(76(63,64)65)26-39(78(69,70)71)31(33)15-17-37(44)55(41)20-8-6-7-13-42(56)73-47-45(52)34(50)27-35(51)46(47)53/h9,11-12,14-17,23-27H,5-8,10,13,18-22H2,1-4H3,(H4-,57,58,59,60,61,62,63,64,65,66,67,68,69,70,71)/p+1. The van der Waals surface area contributed by atoms with Crippen molar-refractivity contribution >= 4 is 95.2 Å². The number of anilines is 1. The molecule has 2 aliphatic rings. The summed E-state index contributed by atoms with van der Waals surface area (Å²) in [5.41, 5.74) is -0.597. The summed E-state index contributed by atoms with van der Waals surface area (Å²) in [5.74, 6) is -11.0. The van der Waals surface area contributed by atoms with Crippen molar-refractivity contribution in [2.45, 2.75) is 96.1 Å². The van der Waals surface area contributed by atoms with Crippen LogP contribution in [0.4, 0.5) is 28.9 Å². The Bertz CT molecular complexity index is 4000. The van der Waals surface area contributed by atoms with Crippen LogP contribution < -0.4 is 9.64 Å². The molecule has 0 bridgehead atoms. The highest BCUT2D eigenvalue weighted by atomic mass is 32.2. The second-order valence-corrected chi connectivity index (χ2v) is 26.1. The van der Waals surface area contributed by atoms with Crippen LogP contribution in [-0.4, -0.2) is 114 Å². The molecular formula is C49H51F4N2O18S5+. The molecule has 7 rings (SSSR count). The minimum Gasteiger partial charge on any atom is -0.420 e. The molecule has 2 aliphatic heterocycles. The van der Waals surface area contributed by atoms with Crippen LogP contribution in [0.1, 0.15) is 76.8 Å². The first-order valence-electron chi connectivity index (χ1n) is 23.5. The second-order valence-electron chi connectivity index (χ2n) is 18.9. The van der Waals surface area contributed by atoms with E-state index in [0.29, 0.717) is 40.5 Å². The third kappa shape index (κ3) is 11.8. The van der Waals surface area contributed by atoms with Crippen molar-refractivity contribution in [3.63, 3.8) is 0 Å². The summed E-state index contributed by atoms with van der Waals surface area (Å²) >= 11 is 0. The number of hydrogen-bond acceptors (Lipinski definition) is 14. The summed E-state index contributed by atoms with van der Waals surface area (Å²) in [7, 11) is -23.8. The van der Waals surface area contributed by atoms with Gasteiger partial charge in [-0.3, -0.25) is 27.6 Å². The Kier molecular flexibility index (Phi) is 16.7. The molecule has 0 spiro atoms. The van der Waals surface area contributed by atoms with E-state index in [0.717, 1.165) is 12.1 Å². The molecule has 5 aromatic rings. The smallest absolute Gasteiger partial charge is 0.311 e. The first-order valence-corrected chi connectivity index (χ1v) is 30.9. The minimum absolute atomic E-state index is 0.00164. The van der Waals surface area contributed by atoms with Crippen molar-refractivity contribution in [2.24, 2.45) is 0 Å². The van der Waals surface area contributed by atoms with Gasteiger partial charge in [-0.2, -0.15) is 55.4 Å². The number of hydrogen-bond donors (Lipinski definition) is 5. The molecule has 2 unspecified atom stereocenters. The Balaban J connectivity index is 1.41. The fraction of sp³-hybridized carbons (Fsp3) is 0.347. The number of likely N-dealkylation sites (N-methyl/N-ethyl adjacent to an activating group) is 1. The topological polar surface area (TPSA) is 314 Å². The number of allylic oxidation sites excluding steroid dienone is 4. The zero-order valence-electron chi connectivity index (χ0n) is 41.7. The molecule has 0 amide bonds. The van der Waals surface area contributed by atoms with Gasteiger partial charge in [-0.15, -0.1) is 0 Å². The zero-order valence-corrected chi connectivity index (χ0v) is 45.8. The average Bonchev–Trinajstić information content (AvgIpc) is 3.79. The summed E-state index contributed by atoms with van der Waals surface area (Å²) in [6, 6.07) is 8.81. The quantitative estimate of drug-likeness (QED) is 0.00883. The van der Waals surface area contributed by atoms with Gasteiger partial charge in [0.25, 0.3) is 50.6 Å². The molecule has 2 heterocycles. The molecule has 422 valence electrons. The van der Waals surface area contributed by atoms with E-state index in [1.165, 1.54) is 31.4 Å². The molecule has 20 nitrogen and oxygen atoms in total. The molecule has 0 saturated heterocycles. The van der Waals surface area contributed by atoms with Crippen LogP contribution in [0.2, 0.25) is 0 Å². The predicted octanol–water partition coefficient (Wildman–Crippen LogP) is 8.00. The summed E-state index contributed by atoms with van der Waals surface area (Å²) in [6.45, 7) is 5.35. The van der Waals surface area contributed by atoms with Gasteiger partial charge < -0.3 is 14.4 Å². The monoisotopic (exact) mass is 1190 g/mol. The summed E-state index contributed by atoms with van der Waals surface area (Å²) < 4.78 is 245. The van der Waals surface area contributed by atoms with E-state index >= 15 is 0 Å². The van der Waals surface area contributed by atoms with Crippen molar-refractivity contribution in [2.75, 3.05) is 37.5 Å². The van der Waals surface area contributed by atoms with E-state index in [-0.39, 0.29) is 91.4 Å². The molecule has 5 N–H and O–H groups in total. The highest BCUT2D eigenvalue weighted by Gasteiger charge is 2.50. The van der Waals surface area contributed by atoms with Gasteiger partial charge in [0.15, 0.2) is 17.3 Å². The van der Waals surface area contributed by atoms with E-state index in [4.69, 9.17) is 4.74 Å². The van der Waals surface area contributed by atoms with Gasteiger partial charge in [0.05, 0.1) is 21.0 Å². The van der Waals surface area contributed by atoms with Crippen LogP contribution in [0.5, 0.6) is 5.75 Å². The van der Waals surface area contributed by atoms with Crippen LogP contribution in [0.25, 0.3) is 21.5 Å². The van der Waals surface area contributed by atoms with Gasteiger partial charge in [-0.05, 0) is 112 Å². The number of benzene rings is 5. The van der Waals surface area contributed by atoms with Gasteiger partial charge in [-0.1, -0.05) is 12.1 Å². The molecule has 0 aromatic heterocycles. The zero-order chi connectivity index (χ0) is 57.9. The Morgan fingerprint density at radius 1 is 0.667 bits per heavy atom. The first-order chi connectivity index (χ1) is 36.1. The van der Waals surface area contributed by atoms with Crippen LogP contribution in [0, 0.1) is 23.3 Å². The molecule has 0 saturated carbocycles. The number of unbranched alkanes of at least 4 members (excludes halogenated alkanes) is 2. The fourth-order valence-corrected chi connectivity index (χ4v) is 13.7. The summed E-state index contributed by atoms with van der Waals surface area (Å²) in [6.07, 6.45) is 4.51. The molecular weight excluding hydrogens is 1140 g/mol. The number of ether oxygens (including phenoxy) is 2. The van der Waals surface area contributed by atoms with Crippen molar-refractivity contribution in [3.05, 3.63) is 113 Å². The fourth-order valence-electron chi connectivity index (χ4n) is 10.5. The number of rotatable bonds is 21. The van der Waals surface area contributed by atoms with Gasteiger partial charge in [-0.25, -0.2) is 8.78 Å². The normalized spacial score (nSPS) is 18.7. The van der Waals surface area contributed by atoms with Crippen molar-refractivity contribution in [1.82, 2.24) is 0 Å². The van der Waals surface area contributed by atoms with Crippen molar-refractivity contribution < 1.29 is 101 Å². The van der Waals surface area contributed by atoms with Crippen molar-refractivity contribution in [3.8, 4) is 5.75 Å². The van der Waals surface area contributed by atoms with Crippen LogP contribution in [0.15, 0.2) is 98.1 Å². The Morgan fingerprint density at radius 2 is 1.22 bits per heavy atom. The van der Waals surface area contributed by atoms with Gasteiger partial charge in [0, 0.05) is 84.4 Å². The third-order valence-corrected chi connectivity index (χ3v) is 18.2. The Labute approximate surface area is 446 Å². The lowest BCUT2D eigenvalue weighted by atomic mass is 9.74. The van der Waals surface area contributed by atoms with Gasteiger partial charge in [0.2, 0.25) is 23.1 Å². The SMILES string of the molecule is CCN1/C(=C/C=C/C2=[N+](CCCCCC(=O)Oc3c(F)c(F)cc(F)c3F)c3ccc4c(S(=O)(=O)O)cc(S(=O)(=O)O)cc4c3C2(C)CCOC)C(C)(CCCS(=O)(=O)O)c2c1ccc1c(S(=O)(=O)O)cc(S(=O)(=O)O)cc21. The van der Waals surface area contributed by atoms with E-state index in [1.807, 2.05) is 0 Å². The molecule has 0 aliphatic carbocycles. The van der Waals surface area contributed by atoms with E-state index in [2.05, 4.69) is 4.74 Å². The van der Waals surface area contributed by atoms with E-state index in [1.54, 1.807) is 48.5 Å². The lowest BCUT2D eigenvalue weighted by molar-refractivity contribution is -0.438. The molecule has 2 atom stereocenters. The predicted molar refractivity (Wildman–Crippen MR) is 274 cm³/mol. The summed E-state index contributed by atoms with van der Waals surface area (Å²) in [5, 5.41) is -0.407. The van der Waals surface area contributed by atoms with Crippen LogP contribution in [0.3, 0.4) is 0 Å². The number of carbonyl (C=O) groups excluding carboxylic acids is 1. The maximum Gasteiger partial charge on any atom is 0.311 e. The average molecular weight is 1190 g/mol. The number of carbonyl (C=O) groups is 1. The van der Waals surface area contributed by atoms with Crippen molar-refractivity contribution in [1.29, 1.82) is 0 Å². The Morgan fingerprint density at radius 3 is 1.73 bits per heavy atom. The third-order valence-electron chi connectivity index (χ3n) is 13.9. The summed E-state index contributed by atoms with van der Waals surface area (Å²) in [4.78, 5) is 10.9.